The summed E-state index contributed by atoms with van der Waals surface area (Å²) in [6.45, 7) is -2.04. The van der Waals surface area contributed by atoms with Gasteiger partial charge >= 0.3 is 51.7 Å². The maximum atomic E-state index is 11.2. The van der Waals surface area contributed by atoms with Crippen LogP contribution in [-0.2, 0) is 13.8 Å². The van der Waals surface area contributed by atoms with Gasteiger partial charge in [-0.25, -0.2) is 4.57 Å². The Morgan fingerprint density at radius 2 is 1.92 bits per heavy atom. The van der Waals surface area contributed by atoms with Crippen molar-refractivity contribution in [3.05, 3.63) is 0 Å². The molecule has 10 heteroatoms. The Morgan fingerprint density at radius 3 is 2.17 bits per heavy atom. The second-order valence-corrected chi connectivity index (χ2v) is 2.76. The maximum absolute atomic E-state index is 11.2. The van der Waals surface area contributed by atoms with Crippen molar-refractivity contribution in [2.24, 2.45) is 0 Å². The fourth-order valence-corrected chi connectivity index (χ4v) is 0.524. The Morgan fingerprint density at radius 1 is 1.50 bits per heavy atom. The third-order valence-corrected chi connectivity index (χ3v) is 1.11. The van der Waals surface area contributed by atoms with E-state index in [1.54, 1.807) is 0 Å². The number of hydrogen-bond acceptors (Lipinski definition) is 3. The standard InChI is InChI=1S/C2H3F4O4P.Ca.2H/c3-2(4,5)1-9-11(7,8)10-6;;;/h1H2,(H,7,8);;;/q;+2;2*-1. The summed E-state index contributed by atoms with van der Waals surface area (Å²) >= 11 is 0. The summed E-state index contributed by atoms with van der Waals surface area (Å²) in [5, 5.41) is 0. The Balaban J connectivity index is -0.000000167. The number of hydrogen-bond donors (Lipinski definition) is 1. The van der Waals surface area contributed by atoms with Gasteiger partial charge in [0, 0.05) is 0 Å². The molecule has 1 N–H and O–H groups in total. The Bertz CT molecular complexity index is 179. The summed E-state index contributed by atoms with van der Waals surface area (Å²) in [6.07, 6.45) is -4.79. The summed E-state index contributed by atoms with van der Waals surface area (Å²) in [7, 11) is -5.16. The van der Waals surface area contributed by atoms with Crippen LogP contribution < -0.4 is 0 Å². The molecule has 0 aliphatic rings. The van der Waals surface area contributed by atoms with Crippen LogP contribution in [0.5, 0.6) is 0 Å². The summed E-state index contributed by atoms with van der Waals surface area (Å²) < 4.78 is 59.6. The van der Waals surface area contributed by atoms with Gasteiger partial charge in [-0.3, -0.25) is 4.52 Å². The second kappa shape index (κ2) is 5.74. The van der Waals surface area contributed by atoms with E-state index < -0.39 is 20.6 Å². The van der Waals surface area contributed by atoms with Crippen molar-refractivity contribution in [1.29, 1.82) is 0 Å². The average molecular weight is 240 g/mol. The molecule has 0 aromatic rings. The van der Waals surface area contributed by atoms with E-state index in [1.165, 1.54) is 0 Å². The van der Waals surface area contributed by atoms with Crippen LogP contribution in [0.25, 0.3) is 0 Å². The summed E-state index contributed by atoms with van der Waals surface area (Å²) in [5.74, 6) is 0. The predicted octanol–water partition coefficient (Wildman–Crippen LogP) is 1.41. The Kier molecular flexibility index (Phi) is 7.45. The number of halogens is 4. The minimum Gasteiger partial charge on any atom is -1.00 e. The van der Waals surface area contributed by atoms with Gasteiger partial charge in [-0.05, 0) is 4.53 Å². The van der Waals surface area contributed by atoms with Gasteiger partial charge in [0.25, 0.3) is 0 Å². The molecule has 0 fully saturated rings. The molecule has 0 aromatic heterocycles. The zero-order chi connectivity index (χ0) is 9.12. The molecule has 72 valence electrons. The molecule has 0 aliphatic carbocycles. The van der Waals surface area contributed by atoms with E-state index in [1.807, 2.05) is 0 Å². The number of alkyl halides is 3. The minimum atomic E-state index is -5.16. The van der Waals surface area contributed by atoms with Gasteiger partial charge in [0.1, 0.15) is 0 Å². The fourth-order valence-electron chi connectivity index (χ4n) is 0.175. The van der Waals surface area contributed by atoms with E-state index in [2.05, 4.69) is 9.25 Å². The van der Waals surface area contributed by atoms with E-state index in [0.717, 1.165) is 0 Å². The van der Waals surface area contributed by atoms with Crippen molar-refractivity contribution in [2.45, 2.75) is 6.18 Å². The molecule has 1 unspecified atom stereocenters. The molecule has 0 rings (SSSR count). The normalized spacial score (nSPS) is 16.4. The molecule has 0 radical (unpaired) electrons. The fraction of sp³-hybridized carbons (Fsp3) is 1.00. The molecule has 0 amide bonds. The van der Waals surface area contributed by atoms with Crippen LogP contribution >= 0.6 is 7.82 Å². The Hall–Kier alpha value is 1.09. The third kappa shape index (κ3) is 9.18. The zero-order valence-corrected chi connectivity index (χ0v) is 8.65. The van der Waals surface area contributed by atoms with Crippen molar-refractivity contribution in [3.8, 4) is 0 Å². The van der Waals surface area contributed by atoms with Crippen LogP contribution in [0, 0.1) is 0 Å². The van der Waals surface area contributed by atoms with Gasteiger partial charge < -0.3 is 7.75 Å². The molecule has 0 saturated carbocycles. The van der Waals surface area contributed by atoms with Crippen LogP contribution in [0.3, 0.4) is 0 Å². The minimum absolute atomic E-state index is 0. The topological polar surface area (TPSA) is 55.8 Å². The molecule has 0 aromatic carbocycles. The molecular formula is C2H5CaF4O4P. The van der Waals surface area contributed by atoms with E-state index in [0.29, 0.717) is 0 Å². The first kappa shape index (κ1) is 15.6. The summed E-state index contributed by atoms with van der Waals surface area (Å²) in [5.41, 5.74) is 0. The molecule has 0 bridgehead atoms. The first-order valence-electron chi connectivity index (χ1n) is 2.11. The Labute approximate surface area is 97.3 Å². The van der Waals surface area contributed by atoms with E-state index in [4.69, 9.17) is 4.89 Å². The van der Waals surface area contributed by atoms with Crippen molar-refractivity contribution in [3.63, 3.8) is 0 Å². The molecule has 0 saturated heterocycles. The van der Waals surface area contributed by atoms with Gasteiger partial charge in [0.15, 0.2) is 6.61 Å². The number of rotatable bonds is 3. The zero-order valence-electron chi connectivity index (χ0n) is 7.55. The summed E-state index contributed by atoms with van der Waals surface area (Å²) in [4.78, 5) is 7.92. The van der Waals surface area contributed by atoms with Crippen molar-refractivity contribution in [1.82, 2.24) is 0 Å². The van der Waals surface area contributed by atoms with Gasteiger partial charge in [-0.2, -0.15) is 13.2 Å². The predicted molar refractivity (Wildman–Crippen MR) is 32.0 cm³/mol. The molecule has 0 heterocycles. The van der Waals surface area contributed by atoms with Crippen LogP contribution in [0.2, 0.25) is 0 Å². The molecule has 0 spiro atoms. The first-order chi connectivity index (χ1) is 4.77. The van der Waals surface area contributed by atoms with Crippen LogP contribution in [0.15, 0.2) is 0 Å². The van der Waals surface area contributed by atoms with E-state index in [-0.39, 0.29) is 40.6 Å². The quantitative estimate of drug-likeness (QED) is 0.460. The van der Waals surface area contributed by atoms with Crippen LogP contribution in [0.4, 0.5) is 17.7 Å². The first-order valence-corrected chi connectivity index (χ1v) is 3.61. The van der Waals surface area contributed by atoms with E-state index >= 15 is 0 Å². The smallest absolute Gasteiger partial charge is 1.00 e. The largest absolute Gasteiger partial charge is 2.00 e. The van der Waals surface area contributed by atoms with Gasteiger partial charge in [-0.15, -0.1) is 0 Å². The van der Waals surface area contributed by atoms with Crippen LogP contribution in [0.1, 0.15) is 2.85 Å². The van der Waals surface area contributed by atoms with Crippen molar-refractivity contribution >= 4 is 45.6 Å². The van der Waals surface area contributed by atoms with Gasteiger partial charge in [0.05, 0.1) is 0 Å². The SMILES string of the molecule is O=P(O)(OF)OCC(F)(F)F.[Ca+2].[H-].[H-]. The third-order valence-electron chi connectivity index (χ3n) is 0.479. The van der Waals surface area contributed by atoms with Gasteiger partial charge in [-0.1, -0.05) is 4.73 Å². The van der Waals surface area contributed by atoms with Crippen molar-refractivity contribution in [2.75, 3.05) is 6.61 Å². The van der Waals surface area contributed by atoms with Gasteiger partial charge in [0.2, 0.25) is 0 Å². The molecule has 4 nitrogen and oxygen atoms in total. The maximum Gasteiger partial charge on any atom is 2.00 e. The summed E-state index contributed by atoms with van der Waals surface area (Å²) in [6, 6.07) is 0. The van der Waals surface area contributed by atoms with Crippen molar-refractivity contribution < 1.29 is 39.3 Å². The van der Waals surface area contributed by atoms with E-state index in [9.17, 15) is 22.3 Å². The molecule has 0 aliphatic heterocycles. The monoisotopic (exact) mass is 240 g/mol. The molecular weight excluding hydrogens is 235 g/mol. The second-order valence-electron chi connectivity index (χ2n) is 1.43. The van der Waals surface area contributed by atoms with Crippen LogP contribution in [-0.4, -0.2) is 55.4 Å². The molecule has 12 heavy (non-hydrogen) atoms. The average Bonchev–Trinajstić information content (AvgIpc) is 1.83. The number of phosphoric acid groups is 1. The molecule has 1 atom stereocenters. The number of phosphoric ester groups is 1.